The Balaban J connectivity index is 0.00000480. The van der Waals surface area contributed by atoms with E-state index in [1.54, 1.807) is 7.11 Å². The number of nitrogens with one attached hydrogen (secondary N) is 2. The van der Waals surface area contributed by atoms with Crippen molar-refractivity contribution < 1.29 is 4.74 Å². The lowest BCUT2D eigenvalue weighted by Crippen LogP contribution is -2.45. The summed E-state index contributed by atoms with van der Waals surface area (Å²) in [5, 5.41) is 7.15. The van der Waals surface area contributed by atoms with E-state index in [9.17, 15) is 0 Å². The number of guanidine groups is 1. The average Bonchev–Trinajstić information content (AvgIpc) is 3.31. The molecule has 0 spiro atoms. The van der Waals surface area contributed by atoms with Crippen molar-refractivity contribution in [2.75, 3.05) is 53.4 Å². The first-order valence-electron chi connectivity index (χ1n) is 11.7. The topological polar surface area (TPSA) is 52.1 Å². The Labute approximate surface area is 207 Å². The fourth-order valence-electron chi connectivity index (χ4n) is 4.29. The van der Waals surface area contributed by atoms with Crippen LogP contribution in [-0.4, -0.2) is 75.2 Å². The van der Waals surface area contributed by atoms with Crippen LogP contribution in [0.25, 0.3) is 0 Å². The van der Waals surface area contributed by atoms with E-state index in [0.29, 0.717) is 6.04 Å². The summed E-state index contributed by atoms with van der Waals surface area (Å²) in [6.07, 6.45) is 4.87. The summed E-state index contributed by atoms with van der Waals surface area (Å²) in [4.78, 5) is 9.51. The van der Waals surface area contributed by atoms with E-state index >= 15 is 0 Å². The summed E-state index contributed by atoms with van der Waals surface area (Å²) in [5.74, 6) is 1.84. The van der Waals surface area contributed by atoms with Crippen molar-refractivity contribution in [3.8, 4) is 5.75 Å². The standard InChI is InChI=1S/C24H43N5O.HI/c1-6-28(7-2)16-12-13-20(3)27-24(25-4)26-19-22(29-17-10-11-18-29)21-14-8-9-15-23(21)30-5;/h8-9,14-15,20,22H,6-7,10-13,16-19H2,1-5H3,(H2,25,26,27);1H. The van der Waals surface area contributed by atoms with E-state index in [1.165, 1.54) is 24.8 Å². The van der Waals surface area contributed by atoms with Crippen LogP contribution in [0.3, 0.4) is 0 Å². The maximum absolute atomic E-state index is 5.66. The van der Waals surface area contributed by atoms with Gasteiger partial charge in [0.1, 0.15) is 5.75 Å². The summed E-state index contributed by atoms with van der Waals surface area (Å²) >= 11 is 0. The van der Waals surface area contributed by atoms with Crippen LogP contribution < -0.4 is 15.4 Å². The molecule has 0 aromatic heterocycles. The molecule has 7 heteroatoms. The molecule has 2 unspecified atom stereocenters. The molecule has 0 bridgehead atoms. The number of benzene rings is 1. The van der Waals surface area contributed by atoms with E-state index < -0.39 is 0 Å². The molecule has 0 saturated carbocycles. The zero-order chi connectivity index (χ0) is 21.8. The lowest BCUT2D eigenvalue weighted by Gasteiger charge is -2.30. The molecular formula is C24H44IN5O. The average molecular weight is 546 g/mol. The molecule has 178 valence electrons. The van der Waals surface area contributed by atoms with Crippen LogP contribution in [0, 0.1) is 0 Å². The highest BCUT2D eigenvalue weighted by molar-refractivity contribution is 14.0. The molecule has 0 aliphatic carbocycles. The molecule has 31 heavy (non-hydrogen) atoms. The van der Waals surface area contributed by atoms with E-state index in [4.69, 9.17) is 4.74 Å². The number of halogens is 1. The highest BCUT2D eigenvalue weighted by atomic mass is 127. The minimum Gasteiger partial charge on any atom is -0.496 e. The van der Waals surface area contributed by atoms with Crippen LogP contribution in [0.2, 0.25) is 0 Å². The third-order valence-electron chi connectivity index (χ3n) is 6.15. The summed E-state index contributed by atoms with van der Waals surface area (Å²) in [6, 6.07) is 9.06. The Morgan fingerprint density at radius 3 is 2.48 bits per heavy atom. The van der Waals surface area contributed by atoms with Crippen molar-refractivity contribution >= 4 is 29.9 Å². The summed E-state index contributed by atoms with van der Waals surface area (Å²) in [5.41, 5.74) is 1.25. The molecule has 1 aliphatic heterocycles. The summed E-state index contributed by atoms with van der Waals surface area (Å²) < 4.78 is 5.66. The predicted octanol–water partition coefficient (Wildman–Crippen LogP) is 4.13. The SMILES string of the molecule is CCN(CC)CCCC(C)NC(=NC)NCC(c1ccccc1OC)N1CCCC1.I. The molecule has 2 rings (SSSR count). The number of nitrogens with zero attached hydrogens (tertiary/aromatic N) is 3. The van der Waals surface area contributed by atoms with Crippen LogP contribution in [0.5, 0.6) is 5.75 Å². The van der Waals surface area contributed by atoms with Gasteiger partial charge in [-0.2, -0.15) is 0 Å². The Morgan fingerprint density at radius 1 is 1.19 bits per heavy atom. The van der Waals surface area contributed by atoms with Crippen molar-refractivity contribution in [2.24, 2.45) is 4.99 Å². The molecular weight excluding hydrogens is 501 g/mol. The van der Waals surface area contributed by atoms with Gasteiger partial charge in [-0.1, -0.05) is 32.0 Å². The Hall–Kier alpha value is -1.06. The van der Waals surface area contributed by atoms with E-state index in [-0.39, 0.29) is 30.0 Å². The second kappa shape index (κ2) is 15.7. The number of hydrogen-bond donors (Lipinski definition) is 2. The molecule has 1 aromatic rings. The Bertz CT molecular complexity index is 632. The smallest absolute Gasteiger partial charge is 0.191 e. The van der Waals surface area contributed by atoms with Gasteiger partial charge in [0.2, 0.25) is 0 Å². The first-order chi connectivity index (χ1) is 14.6. The third kappa shape index (κ3) is 9.14. The fourth-order valence-corrected chi connectivity index (χ4v) is 4.29. The molecule has 1 heterocycles. The van der Waals surface area contributed by atoms with Crippen molar-refractivity contribution in [3.63, 3.8) is 0 Å². The number of methoxy groups -OCH3 is 1. The predicted molar refractivity (Wildman–Crippen MR) is 143 cm³/mol. The molecule has 6 nitrogen and oxygen atoms in total. The summed E-state index contributed by atoms with van der Waals surface area (Å²) in [7, 11) is 3.61. The van der Waals surface area contributed by atoms with Crippen LogP contribution in [0.4, 0.5) is 0 Å². The molecule has 2 atom stereocenters. The first kappa shape index (κ1) is 28.0. The zero-order valence-electron chi connectivity index (χ0n) is 20.2. The van der Waals surface area contributed by atoms with Crippen LogP contribution in [0.1, 0.15) is 58.1 Å². The fraction of sp³-hybridized carbons (Fsp3) is 0.708. The van der Waals surface area contributed by atoms with Gasteiger partial charge in [0.25, 0.3) is 0 Å². The van der Waals surface area contributed by atoms with Gasteiger partial charge in [0.05, 0.1) is 13.2 Å². The number of para-hydroxylation sites is 1. The molecule has 1 aromatic carbocycles. The Kier molecular flexibility index (Phi) is 14.2. The van der Waals surface area contributed by atoms with Gasteiger partial charge in [-0.05, 0) is 71.4 Å². The zero-order valence-corrected chi connectivity index (χ0v) is 22.5. The third-order valence-corrected chi connectivity index (χ3v) is 6.15. The molecule has 0 radical (unpaired) electrons. The number of hydrogen-bond acceptors (Lipinski definition) is 4. The van der Waals surface area contributed by atoms with Gasteiger partial charge >= 0.3 is 0 Å². The lowest BCUT2D eigenvalue weighted by molar-refractivity contribution is 0.239. The van der Waals surface area contributed by atoms with E-state index in [1.807, 2.05) is 13.1 Å². The van der Waals surface area contributed by atoms with E-state index in [2.05, 4.69) is 64.4 Å². The summed E-state index contributed by atoms with van der Waals surface area (Å²) in [6.45, 7) is 13.2. The highest BCUT2D eigenvalue weighted by Gasteiger charge is 2.26. The molecule has 1 fully saturated rings. The molecule has 1 saturated heterocycles. The largest absolute Gasteiger partial charge is 0.496 e. The first-order valence-corrected chi connectivity index (χ1v) is 11.7. The van der Waals surface area contributed by atoms with Crippen LogP contribution in [-0.2, 0) is 0 Å². The number of aliphatic imine (C=N–C) groups is 1. The van der Waals surface area contributed by atoms with Gasteiger partial charge in [-0.3, -0.25) is 9.89 Å². The highest BCUT2D eigenvalue weighted by Crippen LogP contribution is 2.31. The maximum Gasteiger partial charge on any atom is 0.191 e. The second-order valence-corrected chi connectivity index (χ2v) is 8.17. The minimum atomic E-state index is 0. The van der Waals surface area contributed by atoms with Crippen LogP contribution in [0.15, 0.2) is 29.3 Å². The second-order valence-electron chi connectivity index (χ2n) is 8.17. The normalized spacial score (nSPS) is 16.6. The maximum atomic E-state index is 5.66. The number of rotatable bonds is 12. The quantitative estimate of drug-likeness (QED) is 0.235. The van der Waals surface area contributed by atoms with Crippen molar-refractivity contribution in [3.05, 3.63) is 29.8 Å². The van der Waals surface area contributed by atoms with Crippen molar-refractivity contribution in [2.45, 2.75) is 58.5 Å². The molecule has 2 N–H and O–H groups in total. The van der Waals surface area contributed by atoms with Gasteiger partial charge in [0.15, 0.2) is 5.96 Å². The molecule has 0 amide bonds. The van der Waals surface area contributed by atoms with Crippen LogP contribution >= 0.6 is 24.0 Å². The lowest BCUT2D eigenvalue weighted by atomic mass is 10.0. The molecule has 1 aliphatic rings. The minimum absolute atomic E-state index is 0. The van der Waals surface area contributed by atoms with Gasteiger partial charge < -0.3 is 20.3 Å². The van der Waals surface area contributed by atoms with E-state index in [0.717, 1.165) is 57.4 Å². The van der Waals surface area contributed by atoms with Crippen molar-refractivity contribution in [1.29, 1.82) is 0 Å². The Morgan fingerprint density at radius 2 is 1.87 bits per heavy atom. The van der Waals surface area contributed by atoms with Crippen molar-refractivity contribution in [1.82, 2.24) is 20.4 Å². The van der Waals surface area contributed by atoms with Gasteiger partial charge in [0, 0.05) is 25.2 Å². The van der Waals surface area contributed by atoms with Gasteiger partial charge in [-0.25, -0.2) is 0 Å². The monoisotopic (exact) mass is 545 g/mol. The number of ether oxygens (including phenoxy) is 1. The van der Waals surface area contributed by atoms with Gasteiger partial charge in [-0.15, -0.1) is 24.0 Å². The number of likely N-dealkylation sites (tertiary alicyclic amines) is 1.